The summed E-state index contributed by atoms with van der Waals surface area (Å²) in [5.41, 5.74) is 9.75. The molecule has 2 fully saturated rings. The van der Waals surface area contributed by atoms with Crippen LogP contribution in [0.5, 0.6) is 0 Å². The maximum absolute atomic E-state index is 12.8. The van der Waals surface area contributed by atoms with E-state index in [2.05, 4.69) is 25.3 Å². The van der Waals surface area contributed by atoms with Crippen molar-refractivity contribution in [1.29, 1.82) is 0 Å². The van der Waals surface area contributed by atoms with Gasteiger partial charge >= 0.3 is 6.03 Å². The van der Waals surface area contributed by atoms with Crippen molar-refractivity contribution in [2.75, 3.05) is 38.7 Å². The van der Waals surface area contributed by atoms with Crippen molar-refractivity contribution < 1.29 is 13.9 Å². The number of rotatable bonds is 8. The van der Waals surface area contributed by atoms with E-state index >= 15 is 0 Å². The third-order valence-electron chi connectivity index (χ3n) is 7.48. The monoisotopic (exact) mass is 557 g/mol. The van der Waals surface area contributed by atoms with Crippen LogP contribution >= 0.6 is 0 Å². The summed E-state index contributed by atoms with van der Waals surface area (Å²) in [4.78, 5) is 22.7. The fourth-order valence-corrected chi connectivity index (χ4v) is 5.07. The predicted octanol–water partition coefficient (Wildman–Crippen LogP) is 5.27. The lowest BCUT2D eigenvalue weighted by Gasteiger charge is -2.15. The van der Waals surface area contributed by atoms with Crippen molar-refractivity contribution >= 4 is 11.8 Å². The van der Waals surface area contributed by atoms with Gasteiger partial charge in [-0.1, -0.05) is 30.3 Å². The van der Waals surface area contributed by atoms with E-state index in [4.69, 9.17) is 10.5 Å². The quantitative estimate of drug-likeness (QED) is 0.306. The first-order valence-electron chi connectivity index (χ1n) is 13.9. The maximum atomic E-state index is 12.8. The molecule has 0 spiro atoms. The van der Waals surface area contributed by atoms with Gasteiger partial charge in [0.15, 0.2) is 0 Å². The number of amides is 2. The van der Waals surface area contributed by atoms with Crippen molar-refractivity contribution in [3.63, 3.8) is 0 Å². The number of nitrogens with two attached hydrogens (primary N) is 1. The van der Waals surface area contributed by atoms with Crippen LogP contribution in [0.4, 0.5) is 15.0 Å². The number of nitrogens with one attached hydrogen (secondary N) is 1. The number of methoxy groups -OCH3 is 1. The van der Waals surface area contributed by atoms with E-state index in [9.17, 15) is 9.18 Å². The molecular formula is C31H36FN7O2. The molecule has 3 heterocycles. The van der Waals surface area contributed by atoms with Crippen molar-refractivity contribution in [1.82, 2.24) is 24.6 Å². The highest BCUT2D eigenvalue weighted by Gasteiger charge is 2.27. The SMILES string of the molecule is COCCN1CCC(c2ccc(F)cc2)C1.Cc1c(-c2cnc(C3CC3)nc2)nn(-c2ccccc2)c1NC(N)=O. The van der Waals surface area contributed by atoms with Crippen LogP contribution in [0, 0.1) is 12.7 Å². The van der Waals surface area contributed by atoms with Crippen molar-refractivity contribution in [3.05, 3.63) is 89.8 Å². The van der Waals surface area contributed by atoms with E-state index in [1.165, 1.54) is 5.56 Å². The number of hydrogen-bond donors (Lipinski definition) is 2. The molecule has 6 rings (SSSR count). The number of likely N-dealkylation sites (tertiary alicyclic amines) is 1. The van der Waals surface area contributed by atoms with Gasteiger partial charge in [-0.05, 0) is 68.5 Å². The largest absolute Gasteiger partial charge is 0.383 e. The second-order valence-corrected chi connectivity index (χ2v) is 10.5. The summed E-state index contributed by atoms with van der Waals surface area (Å²) >= 11 is 0. The molecule has 9 nitrogen and oxygen atoms in total. The first kappa shape index (κ1) is 28.4. The molecule has 0 radical (unpaired) electrons. The van der Waals surface area contributed by atoms with E-state index in [0.29, 0.717) is 17.7 Å². The van der Waals surface area contributed by atoms with Crippen molar-refractivity contribution in [2.24, 2.45) is 5.73 Å². The minimum atomic E-state index is -0.632. The van der Waals surface area contributed by atoms with Crippen molar-refractivity contribution in [3.8, 4) is 16.9 Å². The van der Waals surface area contributed by atoms with Gasteiger partial charge in [-0.25, -0.2) is 23.8 Å². The normalized spacial score (nSPS) is 16.7. The van der Waals surface area contributed by atoms with Crippen LogP contribution in [0.25, 0.3) is 16.9 Å². The number of carbonyl (C=O) groups excluding carboxylic acids is 1. The Hall–Kier alpha value is -4.15. The first-order chi connectivity index (χ1) is 19.9. The molecule has 1 aliphatic carbocycles. The van der Waals surface area contributed by atoms with Gasteiger partial charge in [0, 0.05) is 49.6 Å². The highest BCUT2D eigenvalue weighted by Crippen LogP contribution is 2.38. The molecule has 0 bridgehead atoms. The Labute approximate surface area is 239 Å². The smallest absolute Gasteiger partial charge is 0.317 e. The molecule has 1 saturated carbocycles. The number of benzene rings is 2. The molecule has 2 aromatic heterocycles. The highest BCUT2D eigenvalue weighted by atomic mass is 19.1. The van der Waals surface area contributed by atoms with E-state index in [0.717, 1.165) is 73.8 Å². The Kier molecular flexibility index (Phi) is 9.01. The molecule has 1 saturated heterocycles. The summed E-state index contributed by atoms with van der Waals surface area (Å²) < 4.78 is 19.5. The molecule has 2 aliphatic rings. The van der Waals surface area contributed by atoms with E-state index in [1.54, 1.807) is 36.3 Å². The molecule has 41 heavy (non-hydrogen) atoms. The zero-order valence-corrected chi connectivity index (χ0v) is 23.5. The Morgan fingerprint density at radius 1 is 1.05 bits per heavy atom. The molecule has 1 aliphatic heterocycles. The third-order valence-corrected chi connectivity index (χ3v) is 7.48. The van der Waals surface area contributed by atoms with Gasteiger partial charge in [0.2, 0.25) is 0 Å². The molecule has 2 aromatic carbocycles. The van der Waals surface area contributed by atoms with Gasteiger partial charge in [0.05, 0.1) is 12.3 Å². The van der Waals surface area contributed by atoms with Crippen LogP contribution < -0.4 is 11.1 Å². The number of primary amides is 1. The summed E-state index contributed by atoms with van der Waals surface area (Å²) in [6.45, 7) is 5.85. The van der Waals surface area contributed by atoms with Crippen LogP contribution in [0.2, 0.25) is 0 Å². The molecule has 1 atom stereocenters. The number of hydrogen-bond acceptors (Lipinski definition) is 6. The van der Waals surface area contributed by atoms with Crippen LogP contribution in [0.3, 0.4) is 0 Å². The van der Waals surface area contributed by atoms with Gasteiger partial charge in [-0.3, -0.25) is 5.32 Å². The summed E-state index contributed by atoms with van der Waals surface area (Å²) in [5, 5.41) is 7.33. The van der Waals surface area contributed by atoms with Gasteiger partial charge < -0.3 is 15.4 Å². The molecule has 214 valence electrons. The summed E-state index contributed by atoms with van der Waals surface area (Å²) in [6.07, 6.45) is 7.06. The van der Waals surface area contributed by atoms with E-state index < -0.39 is 6.03 Å². The molecule has 1 unspecified atom stereocenters. The second kappa shape index (κ2) is 13.0. The first-order valence-corrected chi connectivity index (χ1v) is 13.9. The van der Waals surface area contributed by atoms with Crippen LogP contribution in [-0.2, 0) is 4.74 Å². The summed E-state index contributed by atoms with van der Waals surface area (Å²) in [7, 11) is 1.73. The number of anilines is 1. The number of ether oxygens (including phenoxy) is 1. The van der Waals surface area contributed by atoms with Crippen LogP contribution in [0.15, 0.2) is 67.0 Å². The van der Waals surface area contributed by atoms with Gasteiger partial charge in [-0.2, -0.15) is 5.10 Å². The van der Waals surface area contributed by atoms with Gasteiger partial charge in [-0.15, -0.1) is 0 Å². The number of urea groups is 1. The Morgan fingerprint density at radius 3 is 2.39 bits per heavy atom. The zero-order chi connectivity index (χ0) is 28.8. The standard InChI is InChI=1S/C18H18N6O.C13H18FNO/c1-11-15(13-9-20-16(21-10-13)12-7-8-12)23-24(17(11)22-18(19)25)14-5-3-2-4-6-14;1-16-9-8-15-7-6-12(10-15)11-2-4-13(14)5-3-11/h2-6,9-10,12H,7-8H2,1H3,(H3,19,22,25);2-5,12H,6-10H2,1H3. The predicted molar refractivity (Wildman–Crippen MR) is 157 cm³/mol. The number of para-hydroxylation sites is 1. The lowest BCUT2D eigenvalue weighted by atomic mass is 9.99. The molecule has 4 aromatic rings. The number of halogens is 1. The maximum Gasteiger partial charge on any atom is 0.317 e. The average Bonchev–Trinajstić information content (AvgIpc) is 3.65. The van der Waals surface area contributed by atoms with E-state index in [1.807, 2.05) is 49.4 Å². The third kappa shape index (κ3) is 7.14. The molecule has 2 amide bonds. The number of nitrogens with zero attached hydrogens (tertiary/aromatic N) is 5. The van der Waals surface area contributed by atoms with Crippen LogP contribution in [0.1, 0.15) is 48.0 Å². The van der Waals surface area contributed by atoms with Crippen LogP contribution in [-0.4, -0.2) is 64.0 Å². The lowest BCUT2D eigenvalue weighted by Crippen LogP contribution is -2.24. The molecule has 10 heteroatoms. The minimum Gasteiger partial charge on any atom is -0.383 e. The fourth-order valence-electron chi connectivity index (χ4n) is 5.07. The van der Waals surface area contributed by atoms with Gasteiger partial charge in [0.25, 0.3) is 0 Å². The minimum absolute atomic E-state index is 0.155. The van der Waals surface area contributed by atoms with E-state index in [-0.39, 0.29) is 5.82 Å². The van der Waals surface area contributed by atoms with Gasteiger partial charge in [0.1, 0.15) is 23.2 Å². The number of carbonyl (C=O) groups is 1. The lowest BCUT2D eigenvalue weighted by molar-refractivity contribution is 0.160. The fraction of sp³-hybridized carbons (Fsp3) is 0.355. The Morgan fingerprint density at radius 2 is 1.76 bits per heavy atom. The second-order valence-electron chi connectivity index (χ2n) is 10.5. The topological polar surface area (TPSA) is 111 Å². The summed E-state index contributed by atoms with van der Waals surface area (Å²) in [5.74, 6) is 2.33. The highest BCUT2D eigenvalue weighted by molar-refractivity contribution is 5.89. The van der Waals surface area contributed by atoms with Crippen molar-refractivity contribution in [2.45, 2.75) is 38.0 Å². The molecular weight excluding hydrogens is 521 g/mol. The summed E-state index contributed by atoms with van der Waals surface area (Å²) in [6, 6.07) is 15.8. The number of aromatic nitrogens is 4. The average molecular weight is 558 g/mol. The Bertz CT molecular complexity index is 1440. The molecule has 3 N–H and O–H groups in total. The zero-order valence-electron chi connectivity index (χ0n) is 23.5. The Balaban J connectivity index is 0.000000182.